The Bertz CT molecular complexity index is 598. The molecule has 20 heavy (non-hydrogen) atoms. The normalized spacial score (nSPS) is 9.75. The van der Waals surface area contributed by atoms with E-state index in [9.17, 15) is 4.79 Å². The first-order valence-corrected chi connectivity index (χ1v) is 6.34. The van der Waals surface area contributed by atoms with E-state index in [0.29, 0.717) is 13.0 Å². The van der Waals surface area contributed by atoms with Crippen LogP contribution in [0.2, 0.25) is 0 Å². The second-order valence-electron chi connectivity index (χ2n) is 4.17. The summed E-state index contributed by atoms with van der Waals surface area (Å²) in [6, 6.07) is 9.70. The van der Waals surface area contributed by atoms with Gasteiger partial charge < -0.3 is 15.6 Å². The molecule has 2 amide bonds. The molecule has 0 aliphatic carbocycles. The van der Waals surface area contributed by atoms with E-state index in [1.54, 1.807) is 6.20 Å². The van der Waals surface area contributed by atoms with Crippen molar-refractivity contribution in [3.63, 3.8) is 0 Å². The van der Waals surface area contributed by atoms with Crippen LogP contribution in [0.25, 0.3) is 11.3 Å². The Hall–Kier alpha value is -2.74. The largest absolute Gasteiger partial charge is 0.342 e. The molecule has 3 N–H and O–H groups in total. The lowest BCUT2D eigenvalue weighted by Crippen LogP contribution is -2.36. The Morgan fingerprint density at radius 3 is 2.85 bits per heavy atom. The summed E-state index contributed by atoms with van der Waals surface area (Å²) in [5, 5.41) is 5.24. The van der Waals surface area contributed by atoms with Crippen LogP contribution in [0.5, 0.6) is 0 Å². The van der Waals surface area contributed by atoms with Gasteiger partial charge in [-0.1, -0.05) is 36.3 Å². The van der Waals surface area contributed by atoms with E-state index < -0.39 is 0 Å². The van der Waals surface area contributed by atoms with E-state index in [1.807, 2.05) is 30.3 Å². The lowest BCUT2D eigenvalue weighted by molar-refractivity contribution is 0.242. The molecule has 5 nitrogen and oxygen atoms in total. The molecule has 102 valence electrons. The van der Waals surface area contributed by atoms with Crippen LogP contribution < -0.4 is 10.6 Å². The first-order valence-electron chi connectivity index (χ1n) is 6.34. The number of imidazole rings is 1. The van der Waals surface area contributed by atoms with Gasteiger partial charge in [-0.05, 0) is 5.56 Å². The number of benzene rings is 1. The summed E-state index contributed by atoms with van der Waals surface area (Å²) in [6.45, 7) is 0.725. The third kappa shape index (κ3) is 3.89. The molecule has 1 heterocycles. The average Bonchev–Trinajstić information content (AvgIpc) is 2.95. The Morgan fingerprint density at radius 2 is 2.10 bits per heavy atom. The maximum atomic E-state index is 11.3. The van der Waals surface area contributed by atoms with E-state index in [4.69, 9.17) is 6.42 Å². The number of hydrogen-bond acceptors (Lipinski definition) is 2. The number of aromatic nitrogens is 2. The number of aromatic amines is 1. The van der Waals surface area contributed by atoms with Crippen LogP contribution >= 0.6 is 0 Å². The van der Waals surface area contributed by atoms with Crippen LogP contribution in [-0.4, -0.2) is 29.1 Å². The van der Waals surface area contributed by atoms with Crippen LogP contribution in [0.3, 0.4) is 0 Å². The van der Waals surface area contributed by atoms with Gasteiger partial charge in [0.25, 0.3) is 0 Å². The Labute approximate surface area is 117 Å². The van der Waals surface area contributed by atoms with E-state index >= 15 is 0 Å². The van der Waals surface area contributed by atoms with E-state index in [2.05, 4.69) is 26.5 Å². The van der Waals surface area contributed by atoms with Crippen molar-refractivity contribution in [2.24, 2.45) is 0 Å². The number of nitrogens with zero attached hydrogens (tertiary/aromatic N) is 1. The summed E-state index contributed by atoms with van der Waals surface area (Å²) in [7, 11) is 0. The van der Waals surface area contributed by atoms with Gasteiger partial charge in [-0.25, -0.2) is 9.78 Å². The molecule has 0 aliphatic rings. The van der Waals surface area contributed by atoms with Gasteiger partial charge in [0.2, 0.25) is 0 Å². The van der Waals surface area contributed by atoms with Crippen molar-refractivity contribution in [3.05, 3.63) is 42.4 Å². The fourth-order valence-corrected chi connectivity index (χ4v) is 1.74. The molecular formula is C15H16N4O. The van der Waals surface area contributed by atoms with Gasteiger partial charge in [-0.15, -0.1) is 6.42 Å². The van der Waals surface area contributed by atoms with Crippen molar-refractivity contribution in [2.45, 2.75) is 6.42 Å². The van der Waals surface area contributed by atoms with Crippen molar-refractivity contribution >= 4 is 6.03 Å². The summed E-state index contributed by atoms with van der Waals surface area (Å²) in [5.41, 5.74) is 2.06. The van der Waals surface area contributed by atoms with Crippen molar-refractivity contribution in [3.8, 4) is 23.6 Å². The number of urea groups is 1. The van der Waals surface area contributed by atoms with Crippen molar-refractivity contribution in [1.82, 2.24) is 20.6 Å². The quantitative estimate of drug-likeness (QED) is 0.720. The molecule has 1 aromatic heterocycles. The van der Waals surface area contributed by atoms with Gasteiger partial charge in [-0.3, -0.25) is 0 Å². The van der Waals surface area contributed by atoms with Crippen LogP contribution in [0.4, 0.5) is 4.79 Å². The first kappa shape index (κ1) is 13.7. The zero-order valence-corrected chi connectivity index (χ0v) is 11.0. The number of terminal acetylenes is 1. The molecule has 0 saturated heterocycles. The summed E-state index contributed by atoms with van der Waals surface area (Å²) in [5.74, 6) is 3.17. The predicted molar refractivity (Wildman–Crippen MR) is 78.0 cm³/mol. The van der Waals surface area contributed by atoms with Crippen molar-refractivity contribution in [2.75, 3.05) is 13.1 Å². The summed E-state index contributed by atoms with van der Waals surface area (Å²) in [4.78, 5) is 18.8. The van der Waals surface area contributed by atoms with Gasteiger partial charge >= 0.3 is 6.03 Å². The summed E-state index contributed by atoms with van der Waals surface area (Å²) in [6.07, 6.45) is 7.48. The maximum Gasteiger partial charge on any atom is 0.315 e. The second kappa shape index (κ2) is 7.00. The topological polar surface area (TPSA) is 69.8 Å². The molecule has 0 fully saturated rings. The summed E-state index contributed by atoms with van der Waals surface area (Å²) < 4.78 is 0. The monoisotopic (exact) mass is 268 g/mol. The fraction of sp³-hybridized carbons (Fsp3) is 0.200. The fourth-order valence-electron chi connectivity index (χ4n) is 1.74. The van der Waals surface area contributed by atoms with E-state index in [1.165, 1.54) is 0 Å². The van der Waals surface area contributed by atoms with Gasteiger partial charge in [-0.2, -0.15) is 0 Å². The predicted octanol–water partition coefficient (Wildman–Crippen LogP) is 1.55. The van der Waals surface area contributed by atoms with Gasteiger partial charge in [0.15, 0.2) is 0 Å². The molecule has 0 atom stereocenters. The highest BCUT2D eigenvalue weighted by Crippen LogP contribution is 2.15. The molecule has 0 aliphatic heterocycles. The molecule has 2 aromatic rings. The van der Waals surface area contributed by atoms with E-state index in [0.717, 1.165) is 17.1 Å². The lowest BCUT2D eigenvalue weighted by atomic mass is 10.2. The highest BCUT2D eigenvalue weighted by atomic mass is 16.2. The molecule has 2 rings (SSSR count). The molecule has 5 heteroatoms. The number of carbonyl (C=O) groups is 1. The first-order chi connectivity index (χ1) is 9.79. The van der Waals surface area contributed by atoms with Crippen LogP contribution in [-0.2, 0) is 6.42 Å². The third-order valence-electron chi connectivity index (χ3n) is 2.71. The van der Waals surface area contributed by atoms with Crippen LogP contribution in [0.15, 0.2) is 36.5 Å². The molecule has 0 saturated carbocycles. The minimum atomic E-state index is -0.266. The van der Waals surface area contributed by atoms with Gasteiger partial charge in [0.05, 0.1) is 18.4 Å². The highest BCUT2D eigenvalue weighted by molar-refractivity contribution is 5.74. The molecule has 1 aromatic carbocycles. The third-order valence-corrected chi connectivity index (χ3v) is 2.71. The van der Waals surface area contributed by atoms with E-state index in [-0.39, 0.29) is 12.6 Å². The minimum Gasteiger partial charge on any atom is -0.342 e. The maximum absolute atomic E-state index is 11.3. The van der Waals surface area contributed by atoms with Crippen molar-refractivity contribution < 1.29 is 4.79 Å². The smallest absolute Gasteiger partial charge is 0.315 e. The SMILES string of the molecule is C#CCNC(=O)NCCc1ncc(-c2ccccc2)[nH]1. The minimum absolute atomic E-state index is 0.227. The number of rotatable bonds is 5. The zero-order chi connectivity index (χ0) is 14.2. The average molecular weight is 268 g/mol. The number of amides is 2. The lowest BCUT2D eigenvalue weighted by Gasteiger charge is -2.03. The molecular weight excluding hydrogens is 252 g/mol. The number of hydrogen-bond donors (Lipinski definition) is 3. The number of carbonyl (C=O) groups excluding carboxylic acids is 1. The zero-order valence-electron chi connectivity index (χ0n) is 11.0. The summed E-state index contributed by atoms with van der Waals surface area (Å²) >= 11 is 0. The van der Waals surface area contributed by atoms with Gasteiger partial charge in [0.1, 0.15) is 5.82 Å². The standard InChI is InChI=1S/C15H16N4O/c1-2-9-16-15(20)17-10-8-14-18-11-13(19-14)12-6-4-3-5-7-12/h1,3-7,11H,8-10H2,(H,18,19)(H2,16,17,20). The Morgan fingerprint density at radius 1 is 1.30 bits per heavy atom. The van der Waals surface area contributed by atoms with Crippen LogP contribution in [0, 0.1) is 12.3 Å². The number of H-pyrrole nitrogens is 1. The van der Waals surface area contributed by atoms with Crippen LogP contribution in [0.1, 0.15) is 5.82 Å². The molecule has 0 radical (unpaired) electrons. The highest BCUT2D eigenvalue weighted by Gasteiger charge is 2.03. The molecule has 0 spiro atoms. The number of nitrogens with one attached hydrogen (secondary N) is 3. The second-order valence-corrected chi connectivity index (χ2v) is 4.17. The Balaban J connectivity index is 1.82. The Kier molecular flexibility index (Phi) is 4.79. The molecule has 0 bridgehead atoms. The van der Waals surface area contributed by atoms with Crippen molar-refractivity contribution in [1.29, 1.82) is 0 Å². The molecule has 0 unspecified atom stereocenters. The van der Waals surface area contributed by atoms with Gasteiger partial charge in [0, 0.05) is 13.0 Å².